The molecule has 0 aliphatic heterocycles. The molecule has 2 rings (SSSR count). The molecular weight excluding hydrogens is 212 g/mol. The predicted octanol–water partition coefficient (Wildman–Crippen LogP) is 3.36. The number of phenolic OH excluding ortho intramolecular Hbond substituents is 1. The third kappa shape index (κ3) is 2.44. The maximum atomic E-state index is 9.72. The van der Waals surface area contributed by atoms with Gasteiger partial charge in [-0.2, -0.15) is 0 Å². The first-order valence-corrected chi connectivity index (χ1v) is 5.82. The summed E-state index contributed by atoms with van der Waals surface area (Å²) in [6.07, 6.45) is 4.55. The first-order valence-electron chi connectivity index (χ1n) is 5.82. The fourth-order valence-corrected chi connectivity index (χ4v) is 1.63. The monoisotopic (exact) mass is 228 g/mol. The lowest BCUT2D eigenvalue weighted by molar-refractivity contribution is 0.477. The average molecular weight is 228 g/mol. The lowest BCUT2D eigenvalue weighted by Crippen LogP contribution is -1.97. The predicted molar refractivity (Wildman–Crippen MR) is 67.8 cm³/mol. The molecule has 17 heavy (non-hydrogen) atoms. The van der Waals surface area contributed by atoms with E-state index < -0.39 is 0 Å². The number of hydrogen-bond acceptors (Lipinski definition) is 3. The first kappa shape index (κ1) is 11.6. The van der Waals surface area contributed by atoms with Crippen molar-refractivity contribution >= 4 is 0 Å². The summed E-state index contributed by atoms with van der Waals surface area (Å²) in [5, 5.41) is 9.72. The van der Waals surface area contributed by atoms with Crippen molar-refractivity contribution in [1.82, 2.24) is 9.97 Å². The van der Waals surface area contributed by atoms with Crippen LogP contribution < -0.4 is 0 Å². The Kier molecular flexibility index (Phi) is 3.38. The van der Waals surface area contributed by atoms with Gasteiger partial charge in [-0.15, -0.1) is 0 Å². The van der Waals surface area contributed by atoms with E-state index in [2.05, 4.69) is 23.8 Å². The van der Waals surface area contributed by atoms with Gasteiger partial charge in [-0.25, -0.2) is 0 Å². The topological polar surface area (TPSA) is 46.0 Å². The van der Waals surface area contributed by atoms with Crippen LogP contribution in [0.25, 0.3) is 11.3 Å². The van der Waals surface area contributed by atoms with E-state index in [4.69, 9.17) is 0 Å². The van der Waals surface area contributed by atoms with Gasteiger partial charge in [0.25, 0.3) is 0 Å². The Balaban J connectivity index is 2.33. The van der Waals surface area contributed by atoms with Crippen LogP contribution in [0.5, 0.6) is 5.75 Å². The average Bonchev–Trinajstić information content (AvgIpc) is 2.39. The summed E-state index contributed by atoms with van der Waals surface area (Å²) >= 11 is 0. The highest BCUT2D eigenvalue weighted by molar-refractivity contribution is 5.65. The van der Waals surface area contributed by atoms with E-state index >= 15 is 0 Å². The van der Waals surface area contributed by atoms with Crippen LogP contribution >= 0.6 is 0 Å². The fraction of sp³-hybridized carbons (Fsp3) is 0.286. The molecule has 0 saturated carbocycles. The van der Waals surface area contributed by atoms with E-state index in [0.29, 0.717) is 11.6 Å². The van der Waals surface area contributed by atoms with Crippen LogP contribution in [0.3, 0.4) is 0 Å². The van der Waals surface area contributed by atoms with Gasteiger partial charge in [0, 0.05) is 11.8 Å². The normalized spacial score (nSPS) is 12.4. The van der Waals surface area contributed by atoms with Crippen LogP contribution in [0.2, 0.25) is 0 Å². The Morgan fingerprint density at radius 1 is 1.18 bits per heavy atom. The lowest BCUT2D eigenvalue weighted by Gasteiger charge is -2.08. The van der Waals surface area contributed by atoms with E-state index in [1.54, 1.807) is 24.5 Å². The van der Waals surface area contributed by atoms with Crippen molar-refractivity contribution in [2.75, 3.05) is 0 Å². The maximum Gasteiger partial charge on any atom is 0.125 e. The molecule has 1 unspecified atom stereocenters. The molecule has 0 fully saturated rings. The second kappa shape index (κ2) is 4.95. The van der Waals surface area contributed by atoms with Gasteiger partial charge in [0.1, 0.15) is 5.75 Å². The molecule has 1 N–H and O–H groups in total. The molecule has 0 saturated heterocycles. The molecule has 0 bridgehead atoms. The van der Waals surface area contributed by atoms with E-state index in [-0.39, 0.29) is 5.75 Å². The van der Waals surface area contributed by atoms with Crippen LogP contribution in [-0.4, -0.2) is 15.1 Å². The zero-order valence-corrected chi connectivity index (χ0v) is 10.1. The fourth-order valence-electron chi connectivity index (χ4n) is 1.63. The second-order valence-corrected chi connectivity index (χ2v) is 4.15. The molecule has 3 nitrogen and oxygen atoms in total. The van der Waals surface area contributed by atoms with Crippen molar-refractivity contribution in [2.24, 2.45) is 0 Å². The van der Waals surface area contributed by atoms with Crippen LogP contribution in [0.15, 0.2) is 36.7 Å². The van der Waals surface area contributed by atoms with Gasteiger partial charge >= 0.3 is 0 Å². The molecular formula is C14H16N2O. The van der Waals surface area contributed by atoms with E-state index in [0.717, 1.165) is 17.7 Å². The van der Waals surface area contributed by atoms with Gasteiger partial charge in [-0.1, -0.05) is 26.0 Å². The summed E-state index contributed by atoms with van der Waals surface area (Å²) < 4.78 is 0. The van der Waals surface area contributed by atoms with Crippen LogP contribution in [-0.2, 0) is 0 Å². The van der Waals surface area contributed by atoms with Crippen molar-refractivity contribution in [3.8, 4) is 17.0 Å². The van der Waals surface area contributed by atoms with Gasteiger partial charge in [0.15, 0.2) is 0 Å². The molecule has 0 radical (unpaired) electrons. The summed E-state index contributed by atoms with van der Waals surface area (Å²) in [4.78, 5) is 8.75. The number of hydrogen-bond donors (Lipinski definition) is 1. The highest BCUT2D eigenvalue weighted by Gasteiger charge is 2.08. The molecule has 0 aliphatic carbocycles. The van der Waals surface area contributed by atoms with Crippen molar-refractivity contribution in [2.45, 2.75) is 26.2 Å². The maximum absolute atomic E-state index is 9.72. The van der Waals surface area contributed by atoms with Crippen molar-refractivity contribution in [3.05, 3.63) is 42.4 Å². The molecule has 2 aromatic rings. The third-order valence-electron chi connectivity index (χ3n) is 2.97. The molecule has 0 aliphatic rings. The second-order valence-electron chi connectivity index (χ2n) is 4.15. The van der Waals surface area contributed by atoms with Gasteiger partial charge < -0.3 is 5.11 Å². The van der Waals surface area contributed by atoms with Crippen LogP contribution in [0, 0.1) is 0 Å². The first-order chi connectivity index (χ1) is 8.22. The molecule has 88 valence electrons. The van der Waals surface area contributed by atoms with Crippen molar-refractivity contribution in [3.63, 3.8) is 0 Å². The quantitative estimate of drug-likeness (QED) is 0.876. The van der Waals surface area contributed by atoms with E-state index in [1.165, 1.54) is 0 Å². The minimum atomic E-state index is 0.234. The third-order valence-corrected chi connectivity index (χ3v) is 2.97. The smallest absolute Gasteiger partial charge is 0.125 e. The molecule has 3 heteroatoms. The van der Waals surface area contributed by atoms with Gasteiger partial charge in [-0.3, -0.25) is 9.97 Å². The Hall–Kier alpha value is -1.90. The molecule has 1 atom stereocenters. The highest BCUT2D eigenvalue weighted by atomic mass is 16.3. The number of phenols is 1. The SMILES string of the molecule is CCC(C)c1cnc(-c2ccccc2O)cn1. The summed E-state index contributed by atoms with van der Waals surface area (Å²) in [6.45, 7) is 4.26. The van der Waals surface area contributed by atoms with E-state index in [1.807, 2.05) is 12.1 Å². The summed E-state index contributed by atoms with van der Waals surface area (Å²) in [6, 6.07) is 7.15. The van der Waals surface area contributed by atoms with Gasteiger partial charge in [0.05, 0.1) is 17.6 Å². The van der Waals surface area contributed by atoms with Crippen LogP contribution in [0.4, 0.5) is 0 Å². The molecule has 1 aromatic heterocycles. The van der Waals surface area contributed by atoms with Crippen molar-refractivity contribution in [1.29, 1.82) is 0 Å². The highest BCUT2D eigenvalue weighted by Crippen LogP contribution is 2.26. The standard InChI is InChI=1S/C14H16N2O/c1-3-10(2)12-8-16-13(9-15-12)11-6-4-5-7-14(11)17/h4-10,17H,3H2,1-2H3. The number of aromatic hydroxyl groups is 1. The summed E-state index contributed by atoms with van der Waals surface area (Å²) in [5.41, 5.74) is 2.41. The number of aromatic nitrogens is 2. The number of nitrogens with zero attached hydrogens (tertiary/aromatic N) is 2. The minimum absolute atomic E-state index is 0.234. The summed E-state index contributed by atoms with van der Waals surface area (Å²) in [5.74, 6) is 0.652. The molecule has 0 amide bonds. The summed E-state index contributed by atoms with van der Waals surface area (Å²) in [7, 11) is 0. The number of benzene rings is 1. The number of para-hydroxylation sites is 1. The van der Waals surface area contributed by atoms with Crippen LogP contribution in [0.1, 0.15) is 31.9 Å². The zero-order valence-electron chi connectivity index (χ0n) is 10.1. The van der Waals surface area contributed by atoms with E-state index in [9.17, 15) is 5.11 Å². The Labute approximate surface area is 101 Å². The number of rotatable bonds is 3. The largest absolute Gasteiger partial charge is 0.507 e. The molecule has 1 heterocycles. The van der Waals surface area contributed by atoms with Gasteiger partial charge in [0.2, 0.25) is 0 Å². The zero-order chi connectivity index (χ0) is 12.3. The lowest BCUT2D eigenvalue weighted by atomic mass is 10.1. The minimum Gasteiger partial charge on any atom is -0.507 e. The molecule has 1 aromatic carbocycles. The Bertz CT molecular complexity index is 494. The van der Waals surface area contributed by atoms with Gasteiger partial charge in [-0.05, 0) is 24.5 Å². The Morgan fingerprint density at radius 2 is 1.94 bits per heavy atom. The Morgan fingerprint density at radius 3 is 2.53 bits per heavy atom. The van der Waals surface area contributed by atoms with Crippen molar-refractivity contribution < 1.29 is 5.11 Å². The molecule has 0 spiro atoms.